The number of rotatable bonds is 6. The van der Waals surface area contributed by atoms with Gasteiger partial charge >= 0.3 is 0 Å². The van der Waals surface area contributed by atoms with Crippen molar-refractivity contribution in [3.8, 4) is 0 Å². The summed E-state index contributed by atoms with van der Waals surface area (Å²) in [7, 11) is 1.86. The molecule has 17 heavy (non-hydrogen) atoms. The van der Waals surface area contributed by atoms with Gasteiger partial charge in [0.05, 0.1) is 6.04 Å². The van der Waals surface area contributed by atoms with Crippen molar-refractivity contribution in [2.45, 2.75) is 60.0 Å². The maximum absolute atomic E-state index is 12.1. The number of carbonyl (C=O) groups is 1. The molecule has 2 N–H and O–H groups in total. The van der Waals surface area contributed by atoms with Gasteiger partial charge in [-0.3, -0.25) is 4.79 Å². The molecule has 0 aliphatic rings. The molecule has 1 amide bonds. The predicted octanol–water partition coefficient (Wildman–Crippen LogP) is 2.50. The number of nitrogens with zero attached hydrogens (tertiary/aromatic N) is 1. The summed E-state index contributed by atoms with van der Waals surface area (Å²) >= 11 is 0. The van der Waals surface area contributed by atoms with Crippen molar-refractivity contribution in [2.24, 2.45) is 23.5 Å². The molecule has 0 saturated carbocycles. The maximum Gasteiger partial charge on any atom is 0.239 e. The Labute approximate surface area is 107 Å². The van der Waals surface area contributed by atoms with Crippen LogP contribution >= 0.6 is 0 Å². The molecule has 0 radical (unpaired) electrons. The molecular weight excluding hydrogens is 212 g/mol. The second kappa shape index (κ2) is 7.00. The van der Waals surface area contributed by atoms with Gasteiger partial charge in [0.2, 0.25) is 5.91 Å². The van der Waals surface area contributed by atoms with Crippen LogP contribution in [0.5, 0.6) is 0 Å². The zero-order valence-electron chi connectivity index (χ0n) is 12.5. The number of likely N-dealkylation sites (N-methyl/N-ethyl adjacent to an activating group) is 1. The summed E-state index contributed by atoms with van der Waals surface area (Å²) in [6.45, 7) is 12.7. The Morgan fingerprint density at radius 3 is 1.88 bits per heavy atom. The van der Waals surface area contributed by atoms with Crippen molar-refractivity contribution < 1.29 is 4.79 Å². The van der Waals surface area contributed by atoms with E-state index in [2.05, 4.69) is 27.7 Å². The smallest absolute Gasteiger partial charge is 0.239 e. The van der Waals surface area contributed by atoms with Crippen molar-refractivity contribution in [2.75, 3.05) is 7.05 Å². The van der Waals surface area contributed by atoms with Gasteiger partial charge in [-0.2, -0.15) is 0 Å². The van der Waals surface area contributed by atoms with E-state index >= 15 is 0 Å². The van der Waals surface area contributed by atoms with Gasteiger partial charge in [0.25, 0.3) is 0 Å². The van der Waals surface area contributed by atoms with Gasteiger partial charge in [-0.1, -0.05) is 34.6 Å². The highest BCUT2D eigenvalue weighted by atomic mass is 16.2. The molecule has 0 aromatic carbocycles. The largest absolute Gasteiger partial charge is 0.342 e. The Bertz CT molecular complexity index is 238. The zero-order chi connectivity index (χ0) is 13.7. The van der Waals surface area contributed by atoms with E-state index in [0.29, 0.717) is 11.8 Å². The first-order valence-electron chi connectivity index (χ1n) is 6.70. The highest BCUT2D eigenvalue weighted by Crippen LogP contribution is 2.19. The van der Waals surface area contributed by atoms with Crippen LogP contribution in [0.15, 0.2) is 0 Å². The zero-order valence-corrected chi connectivity index (χ0v) is 12.5. The van der Waals surface area contributed by atoms with Gasteiger partial charge < -0.3 is 10.6 Å². The minimum Gasteiger partial charge on any atom is -0.342 e. The molecule has 0 spiro atoms. The lowest BCUT2D eigenvalue weighted by atomic mass is 9.91. The lowest BCUT2D eigenvalue weighted by molar-refractivity contribution is -0.134. The molecule has 0 aliphatic heterocycles. The summed E-state index contributed by atoms with van der Waals surface area (Å²) in [5.74, 6) is 1.53. The Morgan fingerprint density at radius 2 is 1.53 bits per heavy atom. The molecule has 102 valence electrons. The lowest BCUT2D eigenvalue weighted by Crippen LogP contribution is -2.48. The molecule has 0 heterocycles. The number of amides is 1. The summed E-state index contributed by atoms with van der Waals surface area (Å²) in [5, 5.41) is 0. The van der Waals surface area contributed by atoms with Crippen LogP contribution in [0, 0.1) is 17.8 Å². The number of carbonyl (C=O) groups excluding carboxylic acids is 1. The highest BCUT2D eigenvalue weighted by molar-refractivity contribution is 5.81. The Kier molecular flexibility index (Phi) is 6.76. The summed E-state index contributed by atoms with van der Waals surface area (Å²) < 4.78 is 0. The lowest BCUT2D eigenvalue weighted by Gasteiger charge is -2.31. The first-order valence-corrected chi connectivity index (χ1v) is 6.70. The quantitative estimate of drug-likeness (QED) is 0.778. The second-order valence-corrected chi connectivity index (χ2v) is 6.02. The van der Waals surface area contributed by atoms with Gasteiger partial charge in [0, 0.05) is 13.1 Å². The van der Waals surface area contributed by atoms with Gasteiger partial charge in [-0.15, -0.1) is 0 Å². The Hall–Kier alpha value is -0.570. The molecule has 3 heteroatoms. The topological polar surface area (TPSA) is 46.3 Å². The molecule has 0 saturated heterocycles. The fourth-order valence-electron chi connectivity index (χ4n) is 1.71. The molecule has 0 aliphatic carbocycles. The van der Waals surface area contributed by atoms with Gasteiger partial charge in [-0.05, 0) is 31.1 Å². The van der Waals surface area contributed by atoms with Gasteiger partial charge in [-0.25, -0.2) is 0 Å². The monoisotopic (exact) mass is 242 g/mol. The van der Waals surface area contributed by atoms with E-state index in [-0.39, 0.29) is 23.9 Å². The van der Waals surface area contributed by atoms with E-state index in [1.165, 1.54) is 0 Å². The Morgan fingerprint density at radius 1 is 1.06 bits per heavy atom. The summed E-state index contributed by atoms with van der Waals surface area (Å²) in [5.41, 5.74) is 5.90. The fourth-order valence-corrected chi connectivity index (χ4v) is 1.71. The average molecular weight is 242 g/mol. The molecular formula is C14H30N2O. The molecule has 3 atom stereocenters. The van der Waals surface area contributed by atoms with Crippen LogP contribution in [0.1, 0.15) is 48.0 Å². The summed E-state index contributed by atoms with van der Waals surface area (Å²) in [6, 6.07) is -0.124. The number of hydrogen-bond donors (Lipinski definition) is 1. The van der Waals surface area contributed by atoms with Crippen molar-refractivity contribution in [1.29, 1.82) is 0 Å². The van der Waals surface area contributed by atoms with E-state index < -0.39 is 0 Å². The molecule has 0 bridgehead atoms. The van der Waals surface area contributed by atoms with Crippen molar-refractivity contribution in [1.82, 2.24) is 4.90 Å². The normalized spacial score (nSPS) is 17.1. The first kappa shape index (κ1) is 16.4. The molecule has 1 unspecified atom stereocenters. The third-order valence-corrected chi connectivity index (χ3v) is 3.86. The molecule has 0 fully saturated rings. The molecule has 3 nitrogen and oxygen atoms in total. The first-order chi connectivity index (χ1) is 7.68. The van der Waals surface area contributed by atoms with Crippen LogP contribution in [-0.4, -0.2) is 29.9 Å². The highest BCUT2D eigenvalue weighted by Gasteiger charge is 2.25. The molecule has 0 aromatic rings. The van der Waals surface area contributed by atoms with Gasteiger partial charge in [0.1, 0.15) is 0 Å². The van der Waals surface area contributed by atoms with E-state index in [4.69, 9.17) is 5.73 Å². The standard InChI is InChI=1S/C14H30N2O/c1-9(2)11(5)8-12(6)16(7)14(17)13(15)10(3)4/h9-13H,8,15H2,1-7H3/t11?,12-,13-/m1/s1. The minimum atomic E-state index is -0.378. The van der Waals surface area contributed by atoms with Gasteiger partial charge in [0.15, 0.2) is 0 Å². The van der Waals surface area contributed by atoms with E-state index in [9.17, 15) is 4.79 Å². The maximum atomic E-state index is 12.1. The Balaban J connectivity index is 4.39. The average Bonchev–Trinajstić information content (AvgIpc) is 2.25. The van der Waals surface area contributed by atoms with Crippen LogP contribution in [0.3, 0.4) is 0 Å². The van der Waals surface area contributed by atoms with Crippen molar-refractivity contribution >= 4 is 5.91 Å². The second-order valence-electron chi connectivity index (χ2n) is 6.02. The van der Waals surface area contributed by atoms with E-state index in [1.807, 2.05) is 25.8 Å². The predicted molar refractivity (Wildman–Crippen MR) is 73.7 cm³/mol. The van der Waals surface area contributed by atoms with Crippen LogP contribution in [0.25, 0.3) is 0 Å². The number of nitrogens with two attached hydrogens (primary N) is 1. The van der Waals surface area contributed by atoms with E-state index in [0.717, 1.165) is 6.42 Å². The molecule has 0 rings (SSSR count). The third kappa shape index (κ3) is 5.07. The van der Waals surface area contributed by atoms with Crippen LogP contribution < -0.4 is 5.73 Å². The van der Waals surface area contributed by atoms with Crippen LogP contribution in [-0.2, 0) is 4.79 Å². The van der Waals surface area contributed by atoms with Crippen molar-refractivity contribution in [3.05, 3.63) is 0 Å². The van der Waals surface area contributed by atoms with E-state index in [1.54, 1.807) is 0 Å². The third-order valence-electron chi connectivity index (χ3n) is 3.86. The fraction of sp³-hybridized carbons (Fsp3) is 0.929. The number of hydrogen-bond acceptors (Lipinski definition) is 2. The SMILES string of the molecule is CC(C)C(C)C[C@@H](C)N(C)C(=O)[C@H](N)C(C)C. The summed E-state index contributed by atoms with van der Waals surface area (Å²) in [4.78, 5) is 13.9. The minimum absolute atomic E-state index is 0.0588. The van der Waals surface area contributed by atoms with Crippen LogP contribution in [0.2, 0.25) is 0 Å². The van der Waals surface area contributed by atoms with Crippen LogP contribution in [0.4, 0.5) is 0 Å². The molecule has 0 aromatic heterocycles. The summed E-state index contributed by atoms with van der Waals surface area (Å²) in [6.07, 6.45) is 1.03. The van der Waals surface area contributed by atoms with Crippen molar-refractivity contribution in [3.63, 3.8) is 0 Å².